The third kappa shape index (κ3) is 3.93. The highest BCUT2D eigenvalue weighted by Gasteiger charge is 2.20. The number of nitrogens with one attached hydrogen (secondary N) is 1. The number of aromatic nitrogens is 1. The number of nitro benzene ring substituents is 1. The molecular weight excluding hydrogens is 332 g/mol. The number of halogens is 1. The van der Waals surface area contributed by atoms with E-state index in [-0.39, 0.29) is 28.2 Å². The number of rotatable bonds is 6. The summed E-state index contributed by atoms with van der Waals surface area (Å²) in [6.07, 6.45) is 1.95. The Hall–Kier alpha value is -2.38. The van der Waals surface area contributed by atoms with Gasteiger partial charge in [-0.05, 0) is 32.3 Å². The molecular formula is C16H19ClN4O3. The highest BCUT2D eigenvalue weighted by molar-refractivity contribution is 6.34. The van der Waals surface area contributed by atoms with Gasteiger partial charge in [-0.3, -0.25) is 19.8 Å². The summed E-state index contributed by atoms with van der Waals surface area (Å²) >= 11 is 5.99. The summed E-state index contributed by atoms with van der Waals surface area (Å²) < 4.78 is 2.00. The first-order valence-electron chi connectivity index (χ1n) is 7.31. The van der Waals surface area contributed by atoms with Gasteiger partial charge in [0, 0.05) is 37.6 Å². The fourth-order valence-electron chi connectivity index (χ4n) is 2.46. The Labute approximate surface area is 145 Å². The normalized spacial score (nSPS) is 12.2. The third-order valence-electron chi connectivity index (χ3n) is 3.81. The molecule has 1 unspecified atom stereocenters. The number of non-ortho nitro benzene ring substituents is 1. The minimum absolute atomic E-state index is 0.00854. The average molecular weight is 351 g/mol. The van der Waals surface area contributed by atoms with E-state index in [1.165, 1.54) is 18.2 Å². The van der Waals surface area contributed by atoms with Crippen LogP contribution in [0, 0.1) is 10.1 Å². The monoisotopic (exact) mass is 350 g/mol. The topological polar surface area (TPSA) is 80.4 Å². The summed E-state index contributed by atoms with van der Waals surface area (Å²) in [5.41, 5.74) is 1.13. The highest BCUT2D eigenvalue weighted by Crippen LogP contribution is 2.23. The predicted octanol–water partition coefficient (Wildman–Crippen LogP) is 2.62. The number of aryl methyl sites for hydroxylation is 1. The number of hydrogen-bond donors (Lipinski definition) is 1. The van der Waals surface area contributed by atoms with Crippen LogP contribution in [0.4, 0.5) is 5.69 Å². The van der Waals surface area contributed by atoms with Crippen molar-refractivity contribution in [3.05, 3.63) is 62.9 Å². The molecule has 1 heterocycles. The van der Waals surface area contributed by atoms with Gasteiger partial charge in [-0.2, -0.15) is 0 Å². The van der Waals surface area contributed by atoms with Gasteiger partial charge in [0.15, 0.2) is 0 Å². The van der Waals surface area contributed by atoms with E-state index < -0.39 is 4.92 Å². The Morgan fingerprint density at radius 1 is 1.42 bits per heavy atom. The van der Waals surface area contributed by atoms with Gasteiger partial charge in [0.05, 0.1) is 21.6 Å². The van der Waals surface area contributed by atoms with E-state index in [0.29, 0.717) is 6.54 Å². The summed E-state index contributed by atoms with van der Waals surface area (Å²) in [5, 5.41) is 13.6. The highest BCUT2D eigenvalue weighted by atomic mass is 35.5. The van der Waals surface area contributed by atoms with Crippen LogP contribution >= 0.6 is 11.6 Å². The van der Waals surface area contributed by atoms with Gasteiger partial charge in [-0.25, -0.2) is 0 Å². The molecule has 0 fully saturated rings. The van der Waals surface area contributed by atoms with Crippen molar-refractivity contribution in [1.82, 2.24) is 14.8 Å². The lowest BCUT2D eigenvalue weighted by atomic mass is 10.1. The smallest absolute Gasteiger partial charge is 0.270 e. The number of hydrogen-bond acceptors (Lipinski definition) is 4. The number of carbonyl (C=O) groups is 1. The molecule has 128 valence electrons. The summed E-state index contributed by atoms with van der Waals surface area (Å²) in [5.74, 6) is -0.365. The van der Waals surface area contributed by atoms with E-state index in [1.807, 2.05) is 48.9 Å². The maximum Gasteiger partial charge on any atom is 0.270 e. The standard InChI is InChI=1S/C16H19ClN4O3/c1-19(2)15(14-5-4-8-20(14)3)10-18-16(22)12-7-6-11(21(23)24)9-13(12)17/h4-9,15H,10H2,1-3H3,(H,18,22). The van der Waals surface area contributed by atoms with E-state index in [9.17, 15) is 14.9 Å². The van der Waals surface area contributed by atoms with Crippen LogP contribution in [0.15, 0.2) is 36.5 Å². The molecule has 2 rings (SSSR count). The number of nitro groups is 1. The van der Waals surface area contributed by atoms with Gasteiger partial charge in [-0.15, -0.1) is 0 Å². The molecule has 1 aromatic carbocycles. The minimum atomic E-state index is -0.551. The van der Waals surface area contributed by atoms with Gasteiger partial charge in [-0.1, -0.05) is 11.6 Å². The van der Waals surface area contributed by atoms with Crippen LogP contribution in [-0.4, -0.2) is 40.9 Å². The molecule has 7 nitrogen and oxygen atoms in total. The van der Waals surface area contributed by atoms with Crippen molar-refractivity contribution in [2.75, 3.05) is 20.6 Å². The second-order valence-corrected chi connectivity index (χ2v) is 6.06. The molecule has 1 N–H and O–H groups in total. The zero-order chi connectivity index (χ0) is 17.9. The SMILES string of the molecule is CN(C)C(CNC(=O)c1ccc([N+](=O)[O-])cc1Cl)c1cccn1C. The molecule has 0 spiro atoms. The molecule has 0 aliphatic heterocycles. The third-order valence-corrected chi connectivity index (χ3v) is 4.13. The van der Waals surface area contributed by atoms with Crippen molar-refractivity contribution in [1.29, 1.82) is 0 Å². The molecule has 0 aliphatic rings. The Morgan fingerprint density at radius 3 is 2.62 bits per heavy atom. The van der Waals surface area contributed by atoms with Gasteiger partial charge in [0.25, 0.3) is 11.6 Å². The molecule has 24 heavy (non-hydrogen) atoms. The molecule has 8 heteroatoms. The van der Waals surface area contributed by atoms with Crippen LogP contribution in [0.3, 0.4) is 0 Å². The Morgan fingerprint density at radius 2 is 2.12 bits per heavy atom. The van der Waals surface area contributed by atoms with Crippen molar-refractivity contribution in [2.24, 2.45) is 7.05 Å². The Kier molecular flexibility index (Phi) is 5.58. The zero-order valence-corrected chi connectivity index (χ0v) is 14.4. The largest absolute Gasteiger partial charge is 0.353 e. The zero-order valence-electron chi connectivity index (χ0n) is 13.7. The predicted molar refractivity (Wildman–Crippen MR) is 92.3 cm³/mol. The number of amides is 1. The lowest BCUT2D eigenvalue weighted by molar-refractivity contribution is -0.384. The molecule has 1 aromatic heterocycles. The van der Waals surface area contributed by atoms with E-state index in [0.717, 1.165) is 5.69 Å². The van der Waals surface area contributed by atoms with Gasteiger partial charge >= 0.3 is 0 Å². The van der Waals surface area contributed by atoms with Crippen molar-refractivity contribution < 1.29 is 9.72 Å². The van der Waals surface area contributed by atoms with Crippen LogP contribution in [0.2, 0.25) is 5.02 Å². The van der Waals surface area contributed by atoms with E-state index >= 15 is 0 Å². The van der Waals surface area contributed by atoms with Gasteiger partial charge in [0.2, 0.25) is 0 Å². The van der Waals surface area contributed by atoms with Crippen molar-refractivity contribution in [3.63, 3.8) is 0 Å². The molecule has 2 aromatic rings. The second kappa shape index (κ2) is 7.46. The Balaban J connectivity index is 2.12. The van der Waals surface area contributed by atoms with Crippen LogP contribution in [0.25, 0.3) is 0 Å². The summed E-state index contributed by atoms with van der Waals surface area (Å²) in [4.78, 5) is 24.5. The van der Waals surface area contributed by atoms with Crippen LogP contribution in [0.5, 0.6) is 0 Å². The molecule has 0 saturated heterocycles. The lowest BCUT2D eigenvalue weighted by Gasteiger charge is -2.25. The van der Waals surface area contributed by atoms with E-state index in [1.54, 1.807) is 0 Å². The number of likely N-dealkylation sites (N-methyl/N-ethyl adjacent to an activating group) is 1. The summed E-state index contributed by atoms with van der Waals surface area (Å²) in [6, 6.07) is 7.74. The number of nitrogens with zero attached hydrogens (tertiary/aromatic N) is 3. The number of benzene rings is 1. The van der Waals surface area contributed by atoms with Crippen molar-refractivity contribution in [2.45, 2.75) is 6.04 Å². The van der Waals surface area contributed by atoms with Crippen LogP contribution in [0.1, 0.15) is 22.1 Å². The van der Waals surface area contributed by atoms with E-state index in [2.05, 4.69) is 5.32 Å². The molecule has 1 amide bonds. The molecule has 1 atom stereocenters. The fourth-order valence-corrected chi connectivity index (χ4v) is 2.72. The lowest BCUT2D eigenvalue weighted by Crippen LogP contribution is -2.35. The Bertz CT molecular complexity index is 758. The average Bonchev–Trinajstić information content (AvgIpc) is 2.92. The fraction of sp³-hybridized carbons (Fsp3) is 0.312. The van der Waals surface area contributed by atoms with Crippen molar-refractivity contribution in [3.8, 4) is 0 Å². The molecule has 0 aliphatic carbocycles. The number of carbonyl (C=O) groups excluding carboxylic acids is 1. The van der Waals surface area contributed by atoms with Gasteiger partial charge < -0.3 is 9.88 Å². The first-order valence-corrected chi connectivity index (χ1v) is 7.69. The maximum atomic E-state index is 12.3. The van der Waals surface area contributed by atoms with Crippen LogP contribution in [-0.2, 0) is 7.05 Å². The maximum absolute atomic E-state index is 12.3. The van der Waals surface area contributed by atoms with E-state index in [4.69, 9.17) is 11.6 Å². The van der Waals surface area contributed by atoms with Crippen LogP contribution < -0.4 is 5.32 Å². The van der Waals surface area contributed by atoms with Gasteiger partial charge in [0.1, 0.15) is 0 Å². The first-order chi connectivity index (χ1) is 11.3. The van der Waals surface area contributed by atoms with Crippen molar-refractivity contribution >= 4 is 23.2 Å². The second-order valence-electron chi connectivity index (χ2n) is 5.65. The first kappa shape index (κ1) is 18.0. The quantitative estimate of drug-likeness (QED) is 0.641. The molecule has 0 radical (unpaired) electrons. The molecule has 0 bridgehead atoms. The molecule has 0 saturated carbocycles. The summed E-state index contributed by atoms with van der Waals surface area (Å²) in [7, 11) is 5.81. The minimum Gasteiger partial charge on any atom is -0.353 e. The summed E-state index contributed by atoms with van der Waals surface area (Å²) in [6.45, 7) is 0.386.